The van der Waals surface area contributed by atoms with Crippen molar-refractivity contribution in [1.29, 1.82) is 0 Å². The molecule has 2 amide bonds. The minimum absolute atomic E-state index is 0.0387. The van der Waals surface area contributed by atoms with Gasteiger partial charge in [-0.3, -0.25) is 0 Å². The minimum atomic E-state index is -4.01. The fraction of sp³-hybridized carbons (Fsp3) is 0.476. The van der Waals surface area contributed by atoms with Crippen LogP contribution in [0.15, 0.2) is 57.9 Å². The molecule has 3 aliphatic rings. The van der Waals surface area contributed by atoms with Gasteiger partial charge in [-0.1, -0.05) is 40.2 Å². The number of benzene rings is 1. The quantitative estimate of drug-likeness (QED) is 0.363. The first-order valence-corrected chi connectivity index (χ1v) is 13.6. The molecule has 1 aliphatic heterocycles. The highest BCUT2D eigenvalue weighted by Gasteiger charge is 2.50. The first-order chi connectivity index (χ1) is 14.7. The van der Waals surface area contributed by atoms with Gasteiger partial charge in [-0.25, -0.2) is 17.5 Å². The molecule has 0 N–H and O–H groups in total. The lowest BCUT2D eigenvalue weighted by atomic mass is 9.87. The van der Waals surface area contributed by atoms with E-state index < -0.39 is 16.1 Å². The molecule has 0 saturated carbocycles. The van der Waals surface area contributed by atoms with Gasteiger partial charge in [-0.2, -0.15) is 0 Å². The molecule has 1 aromatic rings. The van der Waals surface area contributed by atoms with Crippen LogP contribution in [-0.2, 0) is 10.0 Å². The Hall–Kier alpha value is -0.730. The van der Waals surface area contributed by atoms with Crippen molar-refractivity contribution in [1.82, 2.24) is 9.21 Å². The molecule has 1 heterocycles. The van der Waals surface area contributed by atoms with E-state index in [9.17, 15) is 13.2 Å². The van der Waals surface area contributed by atoms with Crippen LogP contribution >= 0.6 is 50.7 Å². The minimum Gasteiger partial charge on any atom is -0.312 e. The maximum atomic E-state index is 13.5. The highest BCUT2D eigenvalue weighted by atomic mass is 79.9. The maximum absolute atomic E-state index is 13.5. The summed E-state index contributed by atoms with van der Waals surface area (Å²) in [4.78, 5) is 15.3. The van der Waals surface area contributed by atoms with Crippen molar-refractivity contribution in [2.24, 2.45) is 5.92 Å². The van der Waals surface area contributed by atoms with Crippen LogP contribution in [0.3, 0.4) is 0 Å². The monoisotopic (exact) mass is 566 g/mol. The average Bonchev–Trinajstić information content (AvgIpc) is 3.06. The summed E-state index contributed by atoms with van der Waals surface area (Å²) in [5.74, 6) is -0.201. The molecule has 6 atom stereocenters. The molecule has 0 radical (unpaired) electrons. The zero-order valence-corrected chi connectivity index (χ0v) is 21.1. The molecular weight excluding hydrogens is 547 g/mol. The fourth-order valence-corrected chi connectivity index (χ4v) is 7.10. The Balaban J connectivity index is 1.71. The summed E-state index contributed by atoms with van der Waals surface area (Å²) in [6.07, 6.45) is 9.53. The van der Waals surface area contributed by atoms with E-state index in [0.29, 0.717) is 19.3 Å². The molecule has 31 heavy (non-hydrogen) atoms. The van der Waals surface area contributed by atoms with E-state index in [0.717, 1.165) is 8.78 Å². The van der Waals surface area contributed by atoms with Crippen molar-refractivity contribution in [3.05, 3.63) is 53.0 Å². The van der Waals surface area contributed by atoms with Gasteiger partial charge >= 0.3 is 6.03 Å². The summed E-state index contributed by atoms with van der Waals surface area (Å²) in [6.45, 7) is 0.0387. The molecule has 6 unspecified atom stereocenters. The van der Waals surface area contributed by atoms with Gasteiger partial charge in [0.1, 0.15) is 0 Å². The summed E-state index contributed by atoms with van der Waals surface area (Å²) < 4.78 is 28.4. The Bertz CT molecular complexity index is 1000. The molecular formula is C21H22BrCl3N2O3S. The number of hydrogen-bond donors (Lipinski definition) is 0. The topological polar surface area (TPSA) is 57.7 Å². The number of hydrogen-bond acceptors (Lipinski definition) is 3. The second-order valence-corrected chi connectivity index (χ2v) is 12.5. The molecule has 0 bridgehead atoms. The molecule has 5 nitrogen and oxygen atoms in total. The van der Waals surface area contributed by atoms with E-state index in [4.69, 9.17) is 34.8 Å². The van der Waals surface area contributed by atoms with E-state index in [1.807, 2.05) is 24.3 Å². The Morgan fingerprint density at radius 2 is 1.61 bits per heavy atom. The Morgan fingerprint density at radius 3 is 2.23 bits per heavy atom. The van der Waals surface area contributed by atoms with Crippen LogP contribution in [0, 0.1) is 5.92 Å². The fourth-order valence-electron chi connectivity index (χ4n) is 4.43. The standard InChI is InChI=1S/C21H22BrCl3N2O3S/c22-13-1-8-17(9-2-13)31(29,30)26-12-20(18-10-5-15(24)11-19(18)25)27(21(26)28)16-6-3-14(23)4-7-16/h1-3,5-6,8-10,14-16,18-20H,4,7,11-12H2. The van der Waals surface area contributed by atoms with Gasteiger partial charge in [0, 0.05) is 15.8 Å². The SMILES string of the molecule is O=C1N(C2C=CC(Cl)CC2)C(C2C=CC(Cl)CC2Cl)CN1S(=O)(=O)c1ccc(Br)cc1. The molecule has 10 heteroatoms. The van der Waals surface area contributed by atoms with Crippen LogP contribution in [0.1, 0.15) is 19.3 Å². The lowest BCUT2D eigenvalue weighted by Gasteiger charge is -2.38. The van der Waals surface area contributed by atoms with Gasteiger partial charge < -0.3 is 4.90 Å². The third-order valence-electron chi connectivity index (χ3n) is 6.04. The van der Waals surface area contributed by atoms with E-state index in [1.54, 1.807) is 17.0 Å². The van der Waals surface area contributed by atoms with E-state index in [2.05, 4.69) is 15.9 Å². The molecule has 0 spiro atoms. The predicted molar refractivity (Wildman–Crippen MR) is 127 cm³/mol. The van der Waals surface area contributed by atoms with Crippen molar-refractivity contribution in [3.63, 3.8) is 0 Å². The second kappa shape index (κ2) is 9.26. The Kier molecular flexibility index (Phi) is 7.00. The number of sulfonamides is 1. The number of allylic oxidation sites excluding steroid dienone is 2. The van der Waals surface area contributed by atoms with Crippen molar-refractivity contribution in [3.8, 4) is 0 Å². The van der Waals surface area contributed by atoms with Gasteiger partial charge in [0.15, 0.2) is 0 Å². The molecule has 1 aromatic carbocycles. The lowest BCUT2D eigenvalue weighted by molar-refractivity contribution is 0.163. The van der Waals surface area contributed by atoms with Crippen molar-refractivity contribution >= 4 is 66.8 Å². The number of urea groups is 1. The number of carbonyl (C=O) groups is 1. The number of alkyl halides is 3. The molecule has 2 aliphatic carbocycles. The zero-order valence-electron chi connectivity index (χ0n) is 16.5. The van der Waals surface area contributed by atoms with Crippen LogP contribution in [0.5, 0.6) is 0 Å². The van der Waals surface area contributed by atoms with Gasteiger partial charge in [0.05, 0.1) is 34.3 Å². The average molecular weight is 569 g/mol. The highest BCUT2D eigenvalue weighted by molar-refractivity contribution is 9.10. The summed E-state index contributed by atoms with van der Waals surface area (Å²) >= 11 is 22.4. The molecule has 1 saturated heterocycles. The number of carbonyl (C=O) groups excluding carboxylic acids is 1. The maximum Gasteiger partial charge on any atom is 0.334 e. The van der Waals surface area contributed by atoms with Crippen LogP contribution in [0.4, 0.5) is 4.79 Å². The summed E-state index contributed by atoms with van der Waals surface area (Å²) in [6, 6.07) is 5.13. The van der Waals surface area contributed by atoms with Crippen LogP contribution in [0.25, 0.3) is 0 Å². The van der Waals surface area contributed by atoms with Gasteiger partial charge in [0.2, 0.25) is 0 Å². The summed E-state index contributed by atoms with van der Waals surface area (Å²) in [5.41, 5.74) is 0. The molecule has 168 valence electrons. The molecule has 1 fully saturated rings. The Morgan fingerprint density at radius 1 is 0.935 bits per heavy atom. The number of rotatable bonds is 4. The largest absolute Gasteiger partial charge is 0.334 e. The molecule has 4 rings (SSSR count). The smallest absolute Gasteiger partial charge is 0.312 e. The van der Waals surface area contributed by atoms with Crippen LogP contribution in [-0.4, -0.2) is 58.4 Å². The Labute approximate surface area is 206 Å². The van der Waals surface area contributed by atoms with Crippen molar-refractivity contribution < 1.29 is 13.2 Å². The van der Waals surface area contributed by atoms with Crippen molar-refractivity contribution in [2.75, 3.05) is 6.54 Å². The van der Waals surface area contributed by atoms with Gasteiger partial charge in [-0.15, -0.1) is 34.8 Å². The lowest BCUT2D eigenvalue weighted by Crippen LogP contribution is -2.48. The van der Waals surface area contributed by atoms with E-state index in [1.165, 1.54) is 12.1 Å². The number of nitrogens with zero attached hydrogens (tertiary/aromatic N) is 2. The van der Waals surface area contributed by atoms with Gasteiger partial charge in [0.25, 0.3) is 10.0 Å². The number of halogens is 4. The van der Waals surface area contributed by atoms with Crippen LogP contribution < -0.4 is 0 Å². The van der Waals surface area contributed by atoms with Crippen LogP contribution in [0.2, 0.25) is 0 Å². The number of amides is 2. The summed E-state index contributed by atoms with van der Waals surface area (Å²) in [7, 11) is -4.01. The summed E-state index contributed by atoms with van der Waals surface area (Å²) in [5, 5.41) is -0.544. The van der Waals surface area contributed by atoms with Gasteiger partial charge in [-0.05, 0) is 43.5 Å². The normalized spacial score (nSPS) is 33.9. The zero-order chi connectivity index (χ0) is 22.3. The first-order valence-electron chi connectivity index (χ1n) is 10.1. The first kappa shape index (κ1) is 23.4. The third kappa shape index (κ3) is 4.67. The second-order valence-electron chi connectivity index (χ2n) is 8.02. The third-order valence-corrected chi connectivity index (χ3v) is 9.48. The van der Waals surface area contributed by atoms with Crippen molar-refractivity contribution in [2.45, 2.75) is 52.4 Å². The van der Waals surface area contributed by atoms with E-state index in [-0.39, 0.29) is 45.6 Å². The predicted octanol–water partition coefficient (Wildman–Crippen LogP) is 5.36. The highest BCUT2D eigenvalue weighted by Crippen LogP contribution is 2.38. The molecule has 0 aromatic heterocycles. The van der Waals surface area contributed by atoms with E-state index >= 15 is 0 Å².